The molecule has 1 N–H and O–H groups in total. The molecule has 0 spiro atoms. The number of fused-ring (bicyclic) bond motifs is 1. The van der Waals surface area contributed by atoms with Crippen LogP contribution in [0, 0.1) is 11.3 Å². The van der Waals surface area contributed by atoms with Gasteiger partial charge < -0.3 is 14.2 Å². The van der Waals surface area contributed by atoms with Gasteiger partial charge in [0.1, 0.15) is 11.8 Å². The van der Waals surface area contributed by atoms with Gasteiger partial charge in [0.25, 0.3) is 0 Å². The molecule has 2 aromatic carbocycles. The van der Waals surface area contributed by atoms with Crippen LogP contribution in [0.1, 0.15) is 22.6 Å². The number of nitrogens with zero attached hydrogens (tertiary/aromatic N) is 3. The fourth-order valence-corrected chi connectivity index (χ4v) is 5.23. The van der Waals surface area contributed by atoms with E-state index < -0.39 is 10.0 Å². The Morgan fingerprint density at radius 2 is 1.85 bits per heavy atom. The van der Waals surface area contributed by atoms with Crippen LogP contribution in [0.25, 0.3) is 11.5 Å². The lowest BCUT2D eigenvalue weighted by Gasteiger charge is -2.28. The highest BCUT2D eigenvalue weighted by molar-refractivity contribution is 7.89. The summed E-state index contributed by atoms with van der Waals surface area (Å²) in [6.45, 7) is 1.14. The van der Waals surface area contributed by atoms with Gasteiger partial charge in [-0.1, -0.05) is 24.3 Å². The third kappa shape index (κ3) is 4.14. The van der Waals surface area contributed by atoms with Crippen molar-refractivity contribution in [3.05, 3.63) is 89.5 Å². The van der Waals surface area contributed by atoms with E-state index >= 15 is 0 Å². The highest BCUT2D eigenvalue weighted by Gasteiger charge is 2.28. The second-order valence-electron chi connectivity index (χ2n) is 7.62. The zero-order valence-electron chi connectivity index (χ0n) is 17.6. The lowest BCUT2D eigenvalue weighted by atomic mass is 10.0. The lowest BCUT2D eigenvalue weighted by molar-refractivity contribution is 0.391. The van der Waals surface area contributed by atoms with Gasteiger partial charge in [-0.05, 0) is 53.9 Å². The van der Waals surface area contributed by atoms with E-state index in [1.54, 1.807) is 30.5 Å². The minimum absolute atomic E-state index is 0.111. The van der Waals surface area contributed by atoms with Crippen molar-refractivity contribution in [2.24, 2.45) is 0 Å². The Labute approximate surface area is 191 Å². The van der Waals surface area contributed by atoms with Crippen LogP contribution in [0.4, 0.5) is 5.88 Å². The zero-order valence-corrected chi connectivity index (χ0v) is 18.4. The number of hydrogen-bond donors (Lipinski definition) is 1. The molecule has 33 heavy (non-hydrogen) atoms. The normalized spacial score (nSPS) is 13.9. The molecule has 0 saturated heterocycles. The van der Waals surface area contributed by atoms with Gasteiger partial charge in [0.15, 0.2) is 0 Å². The zero-order chi connectivity index (χ0) is 22.8. The number of oxazole rings is 1. The first-order valence-corrected chi connectivity index (χ1v) is 11.8. The van der Waals surface area contributed by atoms with Crippen molar-refractivity contribution in [2.75, 3.05) is 11.9 Å². The van der Waals surface area contributed by atoms with Crippen molar-refractivity contribution in [1.82, 2.24) is 9.29 Å². The molecule has 0 saturated carbocycles. The molecule has 9 heteroatoms. The summed E-state index contributed by atoms with van der Waals surface area (Å²) >= 11 is 0. The van der Waals surface area contributed by atoms with Crippen LogP contribution in [0.2, 0.25) is 0 Å². The molecular weight excluding hydrogens is 440 g/mol. The summed E-state index contributed by atoms with van der Waals surface area (Å²) in [5.41, 5.74) is 2.90. The van der Waals surface area contributed by atoms with E-state index in [0.29, 0.717) is 37.4 Å². The third-order valence-corrected chi connectivity index (χ3v) is 7.43. The fourth-order valence-electron chi connectivity index (χ4n) is 3.81. The van der Waals surface area contributed by atoms with E-state index in [1.807, 2.05) is 30.3 Å². The summed E-state index contributed by atoms with van der Waals surface area (Å²) in [4.78, 5) is 4.43. The third-order valence-electron chi connectivity index (χ3n) is 5.57. The Morgan fingerprint density at radius 3 is 2.58 bits per heavy atom. The molecular formula is C24H20N4O4S. The van der Waals surface area contributed by atoms with E-state index in [4.69, 9.17) is 8.83 Å². The van der Waals surface area contributed by atoms with Gasteiger partial charge in [-0.3, -0.25) is 0 Å². The van der Waals surface area contributed by atoms with Gasteiger partial charge in [0, 0.05) is 18.7 Å². The molecule has 0 radical (unpaired) electrons. The molecule has 0 bridgehead atoms. The minimum Gasteiger partial charge on any atom is -0.467 e. The first kappa shape index (κ1) is 21.0. The molecule has 166 valence electrons. The van der Waals surface area contributed by atoms with Crippen LogP contribution < -0.4 is 5.32 Å². The minimum atomic E-state index is -3.64. The monoisotopic (exact) mass is 460 g/mol. The number of aromatic nitrogens is 1. The Kier molecular flexibility index (Phi) is 5.46. The smallest absolute Gasteiger partial charge is 0.243 e. The number of nitriles is 1. The Hall–Kier alpha value is -3.87. The quantitative estimate of drug-likeness (QED) is 0.460. The standard InChI is InChI=1S/C24H20N4O4S/c25-14-22-24(26-15-20-6-3-13-31-20)32-23(27-22)18-7-9-21(10-8-18)33(29,30)28-12-11-17-4-1-2-5-19(17)16-28/h1-10,13,26H,11-12,15-16H2. The molecule has 2 aromatic heterocycles. The summed E-state index contributed by atoms with van der Waals surface area (Å²) in [5, 5.41) is 12.4. The van der Waals surface area contributed by atoms with Crippen LogP contribution in [0.3, 0.4) is 0 Å². The lowest BCUT2D eigenvalue weighted by Crippen LogP contribution is -2.35. The number of hydrogen-bond acceptors (Lipinski definition) is 7. The number of sulfonamides is 1. The van der Waals surface area contributed by atoms with Crippen LogP contribution in [0.15, 0.2) is 80.7 Å². The van der Waals surface area contributed by atoms with Gasteiger partial charge in [0.2, 0.25) is 27.5 Å². The molecule has 0 atom stereocenters. The van der Waals surface area contributed by atoms with Crippen molar-refractivity contribution in [2.45, 2.75) is 24.4 Å². The van der Waals surface area contributed by atoms with E-state index in [-0.39, 0.29) is 22.4 Å². The predicted octanol–water partition coefficient (Wildman–Crippen LogP) is 4.17. The number of anilines is 1. The Balaban J connectivity index is 1.35. The average molecular weight is 461 g/mol. The molecule has 0 amide bonds. The molecule has 0 aliphatic carbocycles. The van der Waals surface area contributed by atoms with Gasteiger partial charge in [0.05, 0.1) is 17.7 Å². The van der Waals surface area contributed by atoms with E-state index in [1.165, 1.54) is 22.0 Å². The maximum Gasteiger partial charge on any atom is 0.243 e. The highest BCUT2D eigenvalue weighted by atomic mass is 32.2. The molecule has 0 fully saturated rings. The highest BCUT2D eigenvalue weighted by Crippen LogP contribution is 2.29. The first-order valence-electron chi connectivity index (χ1n) is 10.4. The van der Waals surface area contributed by atoms with Crippen LogP contribution in [-0.4, -0.2) is 24.3 Å². The van der Waals surface area contributed by atoms with Crippen LogP contribution in [0.5, 0.6) is 0 Å². The summed E-state index contributed by atoms with van der Waals surface area (Å²) in [6, 6.07) is 19.8. The van der Waals surface area contributed by atoms with Crippen molar-refractivity contribution < 1.29 is 17.3 Å². The molecule has 8 nitrogen and oxygen atoms in total. The first-order chi connectivity index (χ1) is 16.0. The summed E-state index contributed by atoms with van der Waals surface area (Å²) in [7, 11) is -3.64. The van der Waals surface area contributed by atoms with E-state index in [0.717, 1.165) is 5.56 Å². The van der Waals surface area contributed by atoms with Gasteiger partial charge in [-0.15, -0.1) is 0 Å². The molecule has 5 rings (SSSR count). The number of rotatable bonds is 6. The van der Waals surface area contributed by atoms with Gasteiger partial charge in [-0.2, -0.15) is 14.6 Å². The second kappa shape index (κ2) is 8.58. The van der Waals surface area contributed by atoms with E-state index in [2.05, 4.69) is 10.3 Å². The fraction of sp³-hybridized carbons (Fsp3) is 0.167. The van der Waals surface area contributed by atoms with E-state index in [9.17, 15) is 13.7 Å². The average Bonchev–Trinajstić information content (AvgIpc) is 3.52. The summed E-state index contributed by atoms with van der Waals surface area (Å²) in [6.07, 6.45) is 2.25. The second-order valence-corrected chi connectivity index (χ2v) is 9.56. The van der Waals surface area contributed by atoms with Crippen molar-refractivity contribution in [1.29, 1.82) is 5.26 Å². The number of nitrogens with one attached hydrogen (secondary N) is 1. The molecule has 1 aliphatic rings. The number of furan rings is 1. The summed E-state index contributed by atoms with van der Waals surface area (Å²) in [5.74, 6) is 1.14. The SMILES string of the molecule is N#Cc1nc(-c2ccc(S(=O)(=O)N3CCc4ccccc4C3)cc2)oc1NCc1ccco1. The Morgan fingerprint density at radius 1 is 1.06 bits per heavy atom. The molecule has 1 aliphatic heterocycles. The van der Waals surface area contributed by atoms with Crippen molar-refractivity contribution in [3.63, 3.8) is 0 Å². The molecule has 3 heterocycles. The molecule has 0 unspecified atom stereocenters. The van der Waals surface area contributed by atoms with Crippen molar-refractivity contribution in [3.8, 4) is 17.5 Å². The topological polar surface area (TPSA) is 112 Å². The van der Waals surface area contributed by atoms with Crippen molar-refractivity contribution >= 4 is 15.9 Å². The van der Waals surface area contributed by atoms with Gasteiger partial charge >= 0.3 is 0 Å². The maximum atomic E-state index is 13.2. The molecule has 4 aromatic rings. The maximum absolute atomic E-state index is 13.2. The largest absolute Gasteiger partial charge is 0.467 e. The van der Waals surface area contributed by atoms with Crippen LogP contribution >= 0.6 is 0 Å². The summed E-state index contributed by atoms with van der Waals surface area (Å²) < 4.78 is 38.8. The predicted molar refractivity (Wildman–Crippen MR) is 120 cm³/mol. The number of benzene rings is 2. The Bertz CT molecular complexity index is 1420. The van der Waals surface area contributed by atoms with Gasteiger partial charge in [-0.25, -0.2) is 8.42 Å². The van der Waals surface area contributed by atoms with Crippen LogP contribution in [-0.2, 0) is 29.5 Å².